The Balaban J connectivity index is 1.92. The van der Waals surface area contributed by atoms with E-state index in [1.54, 1.807) is 0 Å². The van der Waals surface area contributed by atoms with Crippen LogP contribution in [0, 0.1) is 0 Å². The van der Waals surface area contributed by atoms with E-state index in [-0.39, 0.29) is 12.6 Å². The Morgan fingerprint density at radius 2 is 1.68 bits per heavy atom. The van der Waals surface area contributed by atoms with Crippen LogP contribution in [-0.2, 0) is 6.61 Å². The lowest BCUT2D eigenvalue weighted by molar-refractivity contribution is 0.276. The van der Waals surface area contributed by atoms with Gasteiger partial charge in [-0.2, -0.15) is 0 Å². The van der Waals surface area contributed by atoms with Crippen molar-refractivity contribution in [3.8, 4) is 5.75 Å². The van der Waals surface area contributed by atoms with Gasteiger partial charge in [0, 0.05) is 12.6 Å². The summed E-state index contributed by atoms with van der Waals surface area (Å²) in [5.74, 6) is 0.823. The smallest absolute Gasteiger partial charge is 0.119 e. The van der Waals surface area contributed by atoms with Crippen molar-refractivity contribution in [3.63, 3.8) is 0 Å². The molecule has 0 aliphatic carbocycles. The highest BCUT2D eigenvalue weighted by Gasteiger charge is 2.05. The number of hydrogen-bond acceptors (Lipinski definition) is 3. The van der Waals surface area contributed by atoms with Crippen molar-refractivity contribution < 1.29 is 9.84 Å². The molecule has 0 spiro atoms. The van der Waals surface area contributed by atoms with Crippen LogP contribution >= 0.6 is 0 Å². The fraction of sp³-hybridized carbons (Fsp3) is 0.250. The summed E-state index contributed by atoms with van der Waals surface area (Å²) in [6.07, 6.45) is 0.574. The number of rotatable bonds is 6. The van der Waals surface area contributed by atoms with Crippen LogP contribution in [0.5, 0.6) is 5.75 Å². The molecule has 0 aliphatic rings. The van der Waals surface area contributed by atoms with Gasteiger partial charge in [-0.15, -0.1) is 0 Å². The first kappa shape index (κ1) is 13.6. The van der Waals surface area contributed by atoms with Gasteiger partial charge in [-0.3, -0.25) is 0 Å². The number of aliphatic hydroxyl groups excluding tert-OH is 1. The Hall–Kier alpha value is -1.84. The highest BCUT2D eigenvalue weighted by atomic mass is 16.5. The second kappa shape index (κ2) is 6.92. The first-order valence-electron chi connectivity index (χ1n) is 6.42. The third-order valence-electron chi connectivity index (χ3n) is 3.00. The Kier molecular flexibility index (Phi) is 4.95. The van der Waals surface area contributed by atoms with Crippen molar-refractivity contribution in [1.29, 1.82) is 0 Å². The fourth-order valence-corrected chi connectivity index (χ4v) is 1.86. The van der Waals surface area contributed by atoms with Gasteiger partial charge < -0.3 is 15.6 Å². The van der Waals surface area contributed by atoms with E-state index < -0.39 is 0 Å². The highest BCUT2D eigenvalue weighted by molar-refractivity contribution is 5.29. The second-order valence-corrected chi connectivity index (χ2v) is 4.46. The second-order valence-electron chi connectivity index (χ2n) is 4.46. The third kappa shape index (κ3) is 4.09. The van der Waals surface area contributed by atoms with Crippen LogP contribution in [0.25, 0.3) is 0 Å². The topological polar surface area (TPSA) is 55.5 Å². The van der Waals surface area contributed by atoms with E-state index >= 15 is 0 Å². The summed E-state index contributed by atoms with van der Waals surface area (Å²) in [6.45, 7) is 0.663. The molecule has 0 amide bonds. The standard InChI is InChI=1S/C16H19NO2/c17-16(10-11-18)14-6-8-15(9-7-14)19-12-13-4-2-1-3-5-13/h1-9,16,18H,10-12,17H2. The van der Waals surface area contributed by atoms with Crippen molar-refractivity contribution in [2.24, 2.45) is 5.73 Å². The molecule has 2 aromatic carbocycles. The molecular weight excluding hydrogens is 238 g/mol. The monoisotopic (exact) mass is 257 g/mol. The van der Waals surface area contributed by atoms with Gasteiger partial charge in [-0.05, 0) is 29.7 Å². The van der Waals surface area contributed by atoms with Crippen LogP contribution in [0.4, 0.5) is 0 Å². The van der Waals surface area contributed by atoms with Crippen LogP contribution in [0.1, 0.15) is 23.6 Å². The Morgan fingerprint density at radius 1 is 1.00 bits per heavy atom. The molecule has 3 nitrogen and oxygen atoms in total. The van der Waals surface area contributed by atoms with Crippen LogP contribution in [-0.4, -0.2) is 11.7 Å². The molecule has 0 radical (unpaired) electrons. The molecule has 3 heteroatoms. The van der Waals surface area contributed by atoms with Gasteiger partial charge in [-0.25, -0.2) is 0 Å². The van der Waals surface area contributed by atoms with E-state index in [0.717, 1.165) is 16.9 Å². The molecule has 3 N–H and O–H groups in total. The van der Waals surface area contributed by atoms with E-state index in [1.807, 2.05) is 54.6 Å². The van der Waals surface area contributed by atoms with E-state index in [1.165, 1.54) is 0 Å². The normalized spacial score (nSPS) is 12.1. The van der Waals surface area contributed by atoms with Crippen molar-refractivity contribution in [2.75, 3.05) is 6.61 Å². The largest absolute Gasteiger partial charge is 0.489 e. The summed E-state index contributed by atoms with van der Waals surface area (Å²) in [5.41, 5.74) is 8.08. The summed E-state index contributed by atoms with van der Waals surface area (Å²) in [7, 11) is 0. The Labute approximate surface area is 113 Å². The number of ether oxygens (including phenoxy) is 1. The molecule has 0 aromatic heterocycles. The van der Waals surface area contributed by atoms with Crippen LogP contribution < -0.4 is 10.5 Å². The average molecular weight is 257 g/mol. The van der Waals surface area contributed by atoms with Crippen molar-refractivity contribution in [2.45, 2.75) is 19.1 Å². The van der Waals surface area contributed by atoms with Crippen molar-refractivity contribution >= 4 is 0 Å². The van der Waals surface area contributed by atoms with Gasteiger partial charge in [0.25, 0.3) is 0 Å². The van der Waals surface area contributed by atoms with Crippen molar-refractivity contribution in [1.82, 2.24) is 0 Å². The molecular formula is C16H19NO2. The number of benzene rings is 2. The van der Waals surface area contributed by atoms with Gasteiger partial charge in [0.2, 0.25) is 0 Å². The van der Waals surface area contributed by atoms with Crippen molar-refractivity contribution in [3.05, 3.63) is 65.7 Å². The molecule has 1 atom stereocenters. The van der Waals surface area contributed by atoms with Crippen LogP contribution in [0.2, 0.25) is 0 Å². The predicted octanol–water partition coefficient (Wildman–Crippen LogP) is 2.65. The fourth-order valence-electron chi connectivity index (χ4n) is 1.86. The minimum atomic E-state index is -0.117. The molecule has 0 bridgehead atoms. The molecule has 0 saturated heterocycles. The van der Waals surface area contributed by atoms with Gasteiger partial charge in [-0.1, -0.05) is 42.5 Å². The van der Waals surface area contributed by atoms with Gasteiger partial charge in [0.15, 0.2) is 0 Å². The van der Waals surface area contributed by atoms with Gasteiger partial charge >= 0.3 is 0 Å². The van der Waals surface area contributed by atoms with E-state index in [2.05, 4.69) is 0 Å². The molecule has 0 fully saturated rings. The molecule has 0 saturated carbocycles. The zero-order valence-electron chi connectivity index (χ0n) is 10.8. The highest BCUT2D eigenvalue weighted by Crippen LogP contribution is 2.19. The average Bonchev–Trinajstić information content (AvgIpc) is 2.47. The van der Waals surface area contributed by atoms with Crippen LogP contribution in [0.3, 0.4) is 0 Å². The predicted molar refractivity (Wildman–Crippen MR) is 75.8 cm³/mol. The number of nitrogens with two attached hydrogens (primary N) is 1. The maximum Gasteiger partial charge on any atom is 0.119 e. The maximum absolute atomic E-state index is 8.86. The molecule has 100 valence electrons. The van der Waals surface area contributed by atoms with Crippen LogP contribution in [0.15, 0.2) is 54.6 Å². The molecule has 2 aromatic rings. The third-order valence-corrected chi connectivity index (χ3v) is 3.00. The summed E-state index contributed by atoms with van der Waals surface area (Å²) >= 11 is 0. The molecule has 0 aliphatic heterocycles. The van der Waals surface area contributed by atoms with E-state index in [0.29, 0.717) is 13.0 Å². The molecule has 1 unspecified atom stereocenters. The Morgan fingerprint density at radius 3 is 2.32 bits per heavy atom. The first-order valence-corrected chi connectivity index (χ1v) is 6.42. The van der Waals surface area contributed by atoms with E-state index in [4.69, 9.17) is 15.6 Å². The zero-order valence-corrected chi connectivity index (χ0v) is 10.8. The SMILES string of the molecule is NC(CCO)c1ccc(OCc2ccccc2)cc1. The minimum Gasteiger partial charge on any atom is -0.489 e. The summed E-state index contributed by atoms with van der Waals surface area (Å²) in [5, 5.41) is 8.86. The molecule has 2 rings (SSSR count). The zero-order chi connectivity index (χ0) is 13.5. The summed E-state index contributed by atoms with van der Waals surface area (Å²) < 4.78 is 5.70. The number of aliphatic hydroxyl groups is 1. The van der Waals surface area contributed by atoms with Gasteiger partial charge in [0.05, 0.1) is 0 Å². The summed E-state index contributed by atoms with van der Waals surface area (Å²) in [6, 6.07) is 17.6. The lowest BCUT2D eigenvalue weighted by Gasteiger charge is -2.11. The van der Waals surface area contributed by atoms with E-state index in [9.17, 15) is 0 Å². The quantitative estimate of drug-likeness (QED) is 0.836. The lowest BCUT2D eigenvalue weighted by atomic mass is 10.1. The molecule has 0 heterocycles. The lowest BCUT2D eigenvalue weighted by Crippen LogP contribution is -2.11. The maximum atomic E-state index is 8.86. The summed E-state index contributed by atoms with van der Waals surface area (Å²) in [4.78, 5) is 0. The first-order chi connectivity index (χ1) is 9.29. The Bertz CT molecular complexity index is 482. The number of hydrogen-bond donors (Lipinski definition) is 2. The molecule has 19 heavy (non-hydrogen) atoms. The minimum absolute atomic E-state index is 0.105. The van der Waals surface area contributed by atoms with Gasteiger partial charge in [0.1, 0.15) is 12.4 Å².